The summed E-state index contributed by atoms with van der Waals surface area (Å²) >= 11 is 2.82. The number of aryl methyl sites for hydroxylation is 2. The van der Waals surface area contributed by atoms with Crippen molar-refractivity contribution >= 4 is 34.9 Å². The van der Waals surface area contributed by atoms with Gasteiger partial charge in [0.15, 0.2) is 23.4 Å². The molecule has 9 nitrogen and oxygen atoms in total. The van der Waals surface area contributed by atoms with E-state index in [-0.39, 0.29) is 18.1 Å². The zero-order valence-corrected chi connectivity index (χ0v) is 20.3. The minimum atomic E-state index is -0.488. The molecule has 172 valence electrons. The molecular weight excluding hydrogens is 462 g/mol. The van der Waals surface area contributed by atoms with Crippen molar-refractivity contribution in [3.8, 4) is 16.5 Å². The number of Topliss-reactive ketones (excluding diaryl/α,β-unsaturated/α-hetero) is 1. The lowest BCUT2D eigenvalue weighted by Gasteiger charge is -2.07. The number of carbonyl (C=O) groups excluding carboxylic acids is 2. The standard InChI is InChI=1S/C22H23N5O4S2/c1-5-26-21(18-7-6-8-32-18)23-24-22(26)33-12-20(29)30-11-17(28)16-9-13(2)27(15(16)4)19-10-14(3)31-25-19/h6-10H,5,11-12H2,1-4H3. The highest BCUT2D eigenvalue weighted by Gasteiger charge is 2.20. The Kier molecular flexibility index (Phi) is 6.80. The number of nitrogens with zero attached hydrogens (tertiary/aromatic N) is 5. The van der Waals surface area contributed by atoms with E-state index in [1.54, 1.807) is 30.4 Å². The number of thioether (sulfide) groups is 1. The molecule has 4 rings (SSSR count). The summed E-state index contributed by atoms with van der Waals surface area (Å²) in [6.07, 6.45) is 0. The molecule has 0 aliphatic rings. The van der Waals surface area contributed by atoms with Gasteiger partial charge in [-0.3, -0.25) is 14.2 Å². The summed E-state index contributed by atoms with van der Waals surface area (Å²) < 4.78 is 14.2. The molecule has 0 aliphatic heterocycles. The largest absolute Gasteiger partial charge is 0.457 e. The molecule has 0 spiro atoms. The molecule has 0 aromatic carbocycles. The molecule has 0 aliphatic carbocycles. The van der Waals surface area contributed by atoms with Crippen LogP contribution in [0.15, 0.2) is 39.3 Å². The molecule has 0 fully saturated rings. The lowest BCUT2D eigenvalue weighted by molar-refractivity contribution is -0.139. The smallest absolute Gasteiger partial charge is 0.316 e. The van der Waals surface area contributed by atoms with Gasteiger partial charge in [-0.2, -0.15) is 0 Å². The van der Waals surface area contributed by atoms with Crippen LogP contribution in [0.2, 0.25) is 0 Å². The van der Waals surface area contributed by atoms with Gasteiger partial charge in [0, 0.05) is 29.6 Å². The van der Waals surface area contributed by atoms with E-state index < -0.39 is 5.97 Å². The first-order valence-corrected chi connectivity index (χ1v) is 12.2. The fourth-order valence-corrected chi connectivity index (χ4v) is 5.03. The second-order valence-corrected chi connectivity index (χ2v) is 9.21. The molecule has 33 heavy (non-hydrogen) atoms. The number of ether oxygens (including phenoxy) is 1. The van der Waals surface area contributed by atoms with Crippen LogP contribution in [-0.4, -0.2) is 48.6 Å². The summed E-state index contributed by atoms with van der Waals surface area (Å²) in [5, 5.41) is 15.1. The van der Waals surface area contributed by atoms with Crippen molar-refractivity contribution in [1.29, 1.82) is 0 Å². The number of thiophene rings is 1. The lowest BCUT2D eigenvalue weighted by atomic mass is 10.1. The van der Waals surface area contributed by atoms with E-state index in [0.29, 0.717) is 34.5 Å². The van der Waals surface area contributed by atoms with E-state index in [1.165, 1.54) is 11.8 Å². The molecule has 0 unspecified atom stereocenters. The predicted octanol–water partition coefficient (Wildman–Crippen LogP) is 4.25. The number of rotatable bonds is 9. The second-order valence-electron chi connectivity index (χ2n) is 7.32. The third-order valence-corrected chi connectivity index (χ3v) is 6.84. The van der Waals surface area contributed by atoms with Gasteiger partial charge in [-0.1, -0.05) is 23.0 Å². The van der Waals surface area contributed by atoms with Gasteiger partial charge in [0.25, 0.3) is 0 Å². The Bertz CT molecular complexity index is 1290. The topological polar surface area (TPSA) is 105 Å². The maximum atomic E-state index is 12.7. The van der Waals surface area contributed by atoms with Crippen LogP contribution in [0.3, 0.4) is 0 Å². The maximum Gasteiger partial charge on any atom is 0.316 e. The van der Waals surface area contributed by atoms with Gasteiger partial charge in [0.2, 0.25) is 5.78 Å². The summed E-state index contributed by atoms with van der Waals surface area (Å²) in [5.74, 6) is 1.33. The first kappa shape index (κ1) is 23.0. The van der Waals surface area contributed by atoms with E-state index in [4.69, 9.17) is 9.26 Å². The van der Waals surface area contributed by atoms with E-state index in [9.17, 15) is 9.59 Å². The Morgan fingerprint density at radius 3 is 2.70 bits per heavy atom. The van der Waals surface area contributed by atoms with Crippen LogP contribution in [0.25, 0.3) is 16.5 Å². The van der Waals surface area contributed by atoms with Crippen molar-refractivity contribution in [2.45, 2.75) is 39.4 Å². The van der Waals surface area contributed by atoms with E-state index in [2.05, 4.69) is 15.4 Å². The van der Waals surface area contributed by atoms with Crippen molar-refractivity contribution in [3.05, 3.63) is 52.4 Å². The fraction of sp³-hybridized carbons (Fsp3) is 0.318. The molecule has 0 N–H and O–H groups in total. The third-order valence-electron chi connectivity index (χ3n) is 5.03. The Morgan fingerprint density at radius 2 is 2.03 bits per heavy atom. The van der Waals surface area contributed by atoms with Crippen LogP contribution in [0.1, 0.15) is 34.4 Å². The van der Waals surface area contributed by atoms with Gasteiger partial charge in [0.1, 0.15) is 5.76 Å². The quantitative estimate of drug-likeness (QED) is 0.197. The minimum Gasteiger partial charge on any atom is -0.457 e. The lowest BCUT2D eigenvalue weighted by Crippen LogP contribution is -2.16. The zero-order valence-electron chi connectivity index (χ0n) is 18.7. The molecule has 0 saturated carbocycles. The van der Waals surface area contributed by atoms with Crippen molar-refractivity contribution < 1.29 is 18.8 Å². The Hall–Kier alpha value is -3.18. The predicted molar refractivity (Wildman–Crippen MR) is 125 cm³/mol. The van der Waals surface area contributed by atoms with E-state index in [1.807, 2.05) is 47.4 Å². The number of hydrogen-bond donors (Lipinski definition) is 0. The fourth-order valence-electron chi connectivity index (χ4n) is 3.51. The highest BCUT2D eigenvalue weighted by molar-refractivity contribution is 7.99. The maximum absolute atomic E-state index is 12.7. The van der Waals surface area contributed by atoms with Crippen LogP contribution in [0, 0.1) is 20.8 Å². The number of aromatic nitrogens is 5. The van der Waals surface area contributed by atoms with Crippen LogP contribution in [0.5, 0.6) is 0 Å². The van der Waals surface area contributed by atoms with Gasteiger partial charge in [0.05, 0.1) is 10.6 Å². The zero-order chi connectivity index (χ0) is 23.5. The summed E-state index contributed by atoms with van der Waals surface area (Å²) in [6.45, 7) is 7.85. The van der Waals surface area contributed by atoms with Crippen LogP contribution in [0.4, 0.5) is 0 Å². The van der Waals surface area contributed by atoms with Gasteiger partial charge >= 0.3 is 5.97 Å². The third kappa shape index (κ3) is 4.79. The Morgan fingerprint density at radius 1 is 1.21 bits per heavy atom. The Balaban J connectivity index is 1.36. The molecule has 0 radical (unpaired) electrons. The molecule has 4 aromatic heterocycles. The molecule has 0 saturated heterocycles. The van der Waals surface area contributed by atoms with Gasteiger partial charge in [-0.05, 0) is 45.2 Å². The average molecular weight is 486 g/mol. The van der Waals surface area contributed by atoms with Gasteiger partial charge in [-0.25, -0.2) is 0 Å². The molecule has 4 heterocycles. The SMILES string of the molecule is CCn1c(SCC(=O)OCC(=O)c2cc(C)n(-c3cc(C)on3)c2C)nnc1-c1cccs1. The Labute approximate surface area is 198 Å². The molecular formula is C22H23N5O4S2. The highest BCUT2D eigenvalue weighted by Crippen LogP contribution is 2.27. The molecule has 4 aromatic rings. The molecule has 11 heteroatoms. The van der Waals surface area contributed by atoms with E-state index >= 15 is 0 Å². The molecule has 0 bridgehead atoms. The first-order valence-electron chi connectivity index (χ1n) is 10.3. The normalized spacial score (nSPS) is 11.2. The van der Waals surface area contributed by atoms with E-state index in [0.717, 1.165) is 16.4 Å². The van der Waals surface area contributed by atoms with Crippen LogP contribution < -0.4 is 0 Å². The van der Waals surface area contributed by atoms with Gasteiger partial charge < -0.3 is 13.8 Å². The summed E-state index contributed by atoms with van der Waals surface area (Å²) in [6, 6.07) is 7.50. The summed E-state index contributed by atoms with van der Waals surface area (Å²) in [4.78, 5) is 26.0. The van der Waals surface area contributed by atoms with Crippen LogP contribution in [-0.2, 0) is 16.1 Å². The molecule has 0 amide bonds. The second kappa shape index (κ2) is 9.75. The number of esters is 1. The monoisotopic (exact) mass is 485 g/mol. The summed E-state index contributed by atoms with van der Waals surface area (Å²) in [5.41, 5.74) is 2.04. The summed E-state index contributed by atoms with van der Waals surface area (Å²) in [7, 11) is 0. The van der Waals surface area contributed by atoms with Crippen molar-refractivity contribution in [2.24, 2.45) is 0 Å². The number of ketones is 1. The molecule has 0 atom stereocenters. The number of hydrogen-bond acceptors (Lipinski definition) is 9. The van der Waals surface area contributed by atoms with Crippen molar-refractivity contribution in [3.63, 3.8) is 0 Å². The van der Waals surface area contributed by atoms with Gasteiger partial charge in [-0.15, -0.1) is 21.5 Å². The van der Waals surface area contributed by atoms with Crippen molar-refractivity contribution in [2.75, 3.05) is 12.4 Å². The van der Waals surface area contributed by atoms with Crippen LogP contribution >= 0.6 is 23.1 Å². The highest BCUT2D eigenvalue weighted by atomic mass is 32.2. The first-order chi connectivity index (χ1) is 15.9. The average Bonchev–Trinajstić information content (AvgIpc) is 3.57. The van der Waals surface area contributed by atoms with Crippen molar-refractivity contribution in [1.82, 2.24) is 24.5 Å². The minimum absolute atomic E-state index is 0.0348. The number of carbonyl (C=O) groups is 2.